The monoisotopic (exact) mass is 304 g/mol. The number of carbonyl (C=O) groups is 1. The summed E-state index contributed by atoms with van der Waals surface area (Å²) in [7, 11) is 0. The summed E-state index contributed by atoms with van der Waals surface area (Å²) in [6.07, 6.45) is 24.5. The van der Waals surface area contributed by atoms with Crippen LogP contribution in [-0.2, 0) is 4.79 Å². The van der Waals surface area contributed by atoms with Gasteiger partial charge in [-0.25, -0.2) is 0 Å². The van der Waals surface area contributed by atoms with Gasteiger partial charge in [0.05, 0.1) is 0 Å². The van der Waals surface area contributed by atoms with Crippen LogP contribution < -0.4 is 0 Å². The van der Waals surface area contributed by atoms with Crippen molar-refractivity contribution >= 4 is 5.97 Å². The van der Waals surface area contributed by atoms with Crippen LogP contribution >= 0.6 is 0 Å². The third-order valence-corrected chi connectivity index (χ3v) is 4.27. The maximum Gasteiger partial charge on any atom is 0.303 e. The lowest BCUT2D eigenvalue weighted by atomic mass is 9.87. The summed E-state index contributed by atoms with van der Waals surface area (Å²) in [6.45, 7) is 2.25. The van der Waals surface area contributed by atoms with E-state index in [1.165, 1.54) is 38.5 Å². The average molecular weight is 304 g/mol. The summed E-state index contributed by atoms with van der Waals surface area (Å²) in [5.41, 5.74) is 0. The summed E-state index contributed by atoms with van der Waals surface area (Å²) < 4.78 is 0. The van der Waals surface area contributed by atoms with E-state index in [1.54, 1.807) is 0 Å². The molecule has 0 saturated carbocycles. The fraction of sp³-hybridized carbons (Fsp3) is 0.650. The fourth-order valence-corrected chi connectivity index (χ4v) is 2.94. The highest BCUT2D eigenvalue weighted by Crippen LogP contribution is 2.26. The van der Waals surface area contributed by atoms with Crippen LogP contribution in [0, 0.1) is 11.8 Å². The minimum absolute atomic E-state index is 0.269. The number of allylic oxidation sites excluding steroid dienone is 6. The van der Waals surface area contributed by atoms with E-state index in [9.17, 15) is 4.79 Å². The molecule has 2 heteroatoms. The van der Waals surface area contributed by atoms with E-state index in [4.69, 9.17) is 5.11 Å². The van der Waals surface area contributed by atoms with Gasteiger partial charge in [0, 0.05) is 12.3 Å². The highest BCUT2D eigenvalue weighted by Gasteiger charge is 2.14. The standard InChI is InChI=1S/C20H32O2/c1-2-3-4-5-8-13-18-14-9-6-10-15-19(18)16-11-7-12-17-20(21)22/h9-11,14-16,18-19H,2-8,12-13,17H2,1H3,(H,21,22). The second-order valence-electron chi connectivity index (χ2n) is 6.25. The molecule has 0 spiro atoms. The molecule has 124 valence electrons. The first-order valence-corrected chi connectivity index (χ1v) is 8.95. The Balaban J connectivity index is 2.37. The molecule has 0 heterocycles. The van der Waals surface area contributed by atoms with E-state index in [0.29, 0.717) is 11.8 Å². The van der Waals surface area contributed by atoms with Crippen LogP contribution in [0.2, 0.25) is 0 Å². The predicted octanol–water partition coefficient (Wildman–Crippen LogP) is 5.91. The van der Waals surface area contributed by atoms with Crippen molar-refractivity contribution in [1.29, 1.82) is 0 Å². The Kier molecular flexibility index (Phi) is 10.4. The minimum atomic E-state index is -0.698. The van der Waals surface area contributed by atoms with Crippen LogP contribution in [0.15, 0.2) is 36.5 Å². The maximum atomic E-state index is 10.5. The zero-order chi connectivity index (χ0) is 16.0. The molecular weight excluding hydrogens is 272 g/mol. The van der Waals surface area contributed by atoms with Crippen molar-refractivity contribution in [3.05, 3.63) is 36.5 Å². The van der Waals surface area contributed by atoms with E-state index in [2.05, 4.69) is 43.4 Å². The third kappa shape index (κ3) is 8.86. The van der Waals surface area contributed by atoms with Crippen molar-refractivity contribution < 1.29 is 9.90 Å². The number of rotatable bonds is 11. The Labute approximate surface area is 136 Å². The Morgan fingerprint density at radius 3 is 2.68 bits per heavy atom. The topological polar surface area (TPSA) is 37.3 Å². The molecule has 0 aromatic rings. The molecule has 0 aliphatic heterocycles. The van der Waals surface area contributed by atoms with Gasteiger partial charge in [-0.3, -0.25) is 4.79 Å². The molecule has 0 bridgehead atoms. The van der Waals surface area contributed by atoms with Gasteiger partial charge in [-0.1, -0.05) is 75.5 Å². The first-order chi connectivity index (χ1) is 10.7. The maximum absolute atomic E-state index is 10.5. The molecule has 1 aliphatic carbocycles. The van der Waals surface area contributed by atoms with Crippen molar-refractivity contribution in [3.8, 4) is 0 Å². The molecule has 0 amide bonds. The van der Waals surface area contributed by atoms with Crippen molar-refractivity contribution in [1.82, 2.24) is 0 Å². The zero-order valence-electron chi connectivity index (χ0n) is 14.0. The molecule has 1 aliphatic rings. The average Bonchev–Trinajstić information content (AvgIpc) is 2.72. The largest absolute Gasteiger partial charge is 0.481 e. The van der Waals surface area contributed by atoms with Crippen molar-refractivity contribution in [3.63, 3.8) is 0 Å². The highest BCUT2D eigenvalue weighted by molar-refractivity contribution is 5.66. The minimum Gasteiger partial charge on any atom is -0.481 e. The summed E-state index contributed by atoms with van der Waals surface area (Å²) in [4.78, 5) is 10.5. The molecule has 1 rings (SSSR count). The predicted molar refractivity (Wildman–Crippen MR) is 93.9 cm³/mol. The third-order valence-electron chi connectivity index (χ3n) is 4.27. The lowest BCUT2D eigenvalue weighted by molar-refractivity contribution is -0.137. The molecule has 0 aromatic carbocycles. The molecule has 1 N–H and O–H groups in total. The summed E-state index contributed by atoms with van der Waals surface area (Å²) in [5, 5.41) is 8.66. The lowest BCUT2D eigenvalue weighted by Crippen LogP contribution is -2.07. The molecule has 0 saturated heterocycles. The number of unbranched alkanes of at least 4 members (excludes halogenated alkanes) is 5. The Hall–Kier alpha value is -1.31. The fourth-order valence-electron chi connectivity index (χ4n) is 2.94. The van der Waals surface area contributed by atoms with Crippen LogP contribution in [-0.4, -0.2) is 11.1 Å². The van der Waals surface area contributed by atoms with Gasteiger partial charge >= 0.3 is 5.97 Å². The summed E-state index contributed by atoms with van der Waals surface area (Å²) in [5.74, 6) is 0.390. The molecular formula is C20H32O2. The van der Waals surface area contributed by atoms with E-state index in [-0.39, 0.29) is 6.42 Å². The van der Waals surface area contributed by atoms with Crippen LogP contribution in [0.25, 0.3) is 0 Å². The molecule has 2 unspecified atom stereocenters. The Morgan fingerprint density at radius 1 is 1.14 bits per heavy atom. The smallest absolute Gasteiger partial charge is 0.303 e. The van der Waals surface area contributed by atoms with Crippen LogP contribution in [0.5, 0.6) is 0 Å². The molecule has 0 aromatic heterocycles. The Morgan fingerprint density at radius 2 is 1.91 bits per heavy atom. The van der Waals surface area contributed by atoms with E-state index in [1.807, 2.05) is 0 Å². The number of hydrogen-bond donors (Lipinski definition) is 1. The number of hydrogen-bond acceptors (Lipinski definition) is 1. The quantitative estimate of drug-likeness (QED) is 0.381. The van der Waals surface area contributed by atoms with E-state index >= 15 is 0 Å². The highest BCUT2D eigenvalue weighted by atomic mass is 16.4. The first kappa shape index (κ1) is 18.7. The van der Waals surface area contributed by atoms with Gasteiger partial charge in [-0.2, -0.15) is 0 Å². The molecule has 0 fully saturated rings. The van der Waals surface area contributed by atoms with Gasteiger partial charge in [-0.05, 0) is 31.6 Å². The van der Waals surface area contributed by atoms with Gasteiger partial charge in [0.15, 0.2) is 0 Å². The van der Waals surface area contributed by atoms with Crippen LogP contribution in [0.1, 0.15) is 71.1 Å². The molecule has 2 nitrogen and oxygen atoms in total. The van der Waals surface area contributed by atoms with Gasteiger partial charge in [0.2, 0.25) is 0 Å². The number of carboxylic acid groups (broad SMARTS) is 1. The second kappa shape index (κ2) is 12.3. The molecule has 2 atom stereocenters. The van der Waals surface area contributed by atoms with Gasteiger partial charge < -0.3 is 5.11 Å². The van der Waals surface area contributed by atoms with E-state index in [0.717, 1.165) is 19.3 Å². The van der Waals surface area contributed by atoms with Gasteiger partial charge in [0.1, 0.15) is 0 Å². The number of carboxylic acids is 1. The van der Waals surface area contributed by atoms with Crippen molar-refractivity contribution in [2.45, 2.75) is 71.1 Å². The van der Waals surface area contributed by atoms with Crippen LogP contribution in [0.4, 0.5) is 0 Å². The van der Waals surface area contributed by atoms with Gasteiger partial charge in [-0.15, -0.1) is 0 Å². The van der Waals surface area contributed by atoms with Gasteiger partial charge in [0.25, 0.3) is 0 Å². The van der Waals surface area contributed by atoms with E-state index < -0.39 is 5.97 Å². The first-order valence-electron chi connectivity index (χ1n) is 8.95. The summed E-state index contributed by atoms with van der Waals surface area (Å²) in [6, 6.07) is 0. The van der Waals surface area contributed by atoms with Crippen molar-refractivity contribution in [2.24, 2.45) is 11.8 Å². The van der Waals surface area contributed by atoms with Crippen LogP contribution in [0.3, 0.4) is 0 Å². The normalized spacial score (nSPS) is 21.3. The van der Waals surface area contributed by atoms with Crippen molar-refractivity contribution in [2.75, 3.05) is 0 Å². The summed E-state index contributed by atoms with van der Waals surface area (Å²) >= 11 is 0. The molecule has 0 radical (unpaired) electrons. The molecule has 22 heavy (non-hydrogen) atoms. The Bertz CT molecular complexity index is 379. The second-order valence-corrected chi connectivity index (χ2v) is 6.25. The SMILES string of the molecule is CCCCCCCC1C=CCC=CC1C=CCCCC(=O)O. The zero-order valence-corrected chi connectivity index (χ0v) is 14.0. The lowest BCUT2D eigenvalue weighted by Gasteiger charge is -2.18. The number of aliphatic carboxylic acids is 1.